The first kappa shape index (κ1) is 19.8. The highest BCUT2D eigenvalue weighted by molar-refractivity contribution is 6.04. The number of hydrogen-bond acceptors (Lipinski definition) is 5. The van der Waals surface area contributed by atoms with Crippen molar-refractivity contribution in [1.29, 1.82) is 0 Å². The van der Waals surface area contributed by atoms with E-state index in [1.807, 2.05) is 33.0 Å². The van der Waals surface area contributed by atoms with Crippen molar-refractivity contribution >= 4 is 17.5 Å². The summed E-state index contributed by atoms with van der Waals surface area (Å²) in [5, 5.41) is 2.83. The van der Waals surface area contributed by atoms with E-state index < -0.39 is 0 Å². The first-order chi connectivity index (χ1) is 13.4. The first-order valence-corrected chi connectivity index (χ1v) is 9.46. The molecule has 1 aliphatic rings. The highest BCUT2D eigenvalue weighted by atomic mass is 16.5. The van der Waals surface area contributed by atoms with Gasteiger partial charge in [-0.2, -0.15) is 0 Å². The third kappa shape index (κ3) is 4.86. The predicted octanol–water partition coefficient (Wildman–Crippen LogP) is 2.51. The molecule has 0 bridgehead atoms. The van der Waals surface area contributed by atoms with Crippen LogP contribution in [-0.4, -0.2) is 65.9 Å². The summed E-state index contributed by atoms with van der Waals surface area (Å²) in [6, 6.07) is 12.2. The van der Waals surface area contributed by atoms with Crippen molar-refractivity contribution < 1.29 is 14.3 Å². The van der Waals surface area contributed by atoms with Crippen molar-refractivity contribution in [3.8, 4) is 5.75 Å². The number of carbonyl (C=O) groups is 2. The van der Waals surface area contributed by atoms with Crippen LogP contribution in [0.15, 0.2) is 42.5 Å². The van der Waals surface area contributed by atoms with E-state index in [9.17, 15) is 9.59 Å². The summed E-state index contributed by atoms with van der Waals surface area (Å²) in [5.74, 6) is 0.0645. The summed E-state index contributed by atoms with van der Waals surface area (Å²) in [7, 11) is 2.03. The van der Waals surface area contributed by atoms with Gasteiger partial charge in [-0.3, -0.25) is 9.59 Å². The number of nitrogens with zero attached hydrogens (tertiary/aromatic N) is 3. The number of likely N-dealkylation sites (N-methyl/N-ethyl adjacent to an activating group) is 1. The molecular formula is C21H26N4O3. The van der Waals surface area contributed by atoms with Gasteiger partial charge in [0.2, 0.25) is 0 Å². The van der Waals surface area contributed by atoms with Gasteiger partial charge in [-0.25, -0.2) is 4.98 Å². The molecule has 1 aromatic heterocycles. The highest BCUT2D eigenvalue weighted by Crippen LogP contribution is 2.25. The van der Waals surface area contributed by atoms with Crippen molar-refractivity contribution in [3.63, 3.8) is 0 Å². The van der Waals surface area contributed by atoms with Gasteiger partial charge >= 0.3 is 0 Å². The number of para-hydroxylation sites is 2. The minimum absolute atomic E-state index is 0.0132. The summed E-state index contributed by atoms with van der Waals surface area (Å²) in [6.45, 7) is 6.83. The molecule has 28 heavy (non-hydrogen) atoms. The van der Waals surface area contributed by atoms with Gasteiger partial charge in [-0.1, -0.05) is 18.2 Å². The van der Waals surface area contributed by atoms with Crippen LogP contribution in [0, 0.1) is 0 Å². The molecule has 2 heterocycles. The zero-order valence-electron chi connectivity index (χ0n) is 16.5. The molecule has 2 aromatic rings. The fourth-order valence-electron chi connectivity index (χ4n) is 2.96. The van der Waals surface area contributed by atoms with Gasteiger partial charge in [-0.05, 0) is 45.2 Å². The molecule has 0 spiro atoms. The summed E-state index contributed by atoms with van der Waals surface area (Å²) in [6.07, 6.45) is -0.0132. The van der Waals surface area contributed by atoms with Crippen LogP contribution in [0.1, 0.15) is 34.8 Å². The van der Waals surface area contributed by atoms with Crippen LogP contribution < -0.4 is 10.1 Å². The lowest BCUT2D eigenvalue weighted by atomic mass is 10.2. The molecule has 3 rings (SSSR count). The molecule has 1 aromatic carbocycles. The lowest BCUT2D eigenvalue weighted by molar-refractivity contribution is 0.0658. The molecule has 7 nitrogen and oxygen atoms in total. The maximum absolute atomic E-state index is 12.7. The van der Waals surface area contributed by atoms with Gasteiger partial charge in [0.25, 0.3) is 11.8 Å². The molecule has 0 aliphatic carbocycles. The van der Waals surface area contributed by atoms with E-state index in [0.717, 1.165) is 13.1 Å². The first-order valence-electron chi connectivity index (χ1n) is 9.46. The van der Waals surface area contributed by atoms with Crippen molar-refractivity contribution in [3.05, 3.63) is 53.9 Å². The van der Waals surface area contributed by atoms with Crippen molar-refractivity contribution in [2.75, 3.05) is 38.5 Å². The quantitative estimate of drug-likeness (QED) is 0.860. The van der Waals surface area contributed by atoms with E-state index in [2.05, 4.69) is 15.2 Å². The summed E-state index contributed by atoms with van der Waals surface area (Å²) >= 11 is 0. The second kappa shape index (κ2) is 8.84. The summed E-state index contributed by atoms with van der Waals surface area (Å²) in [5.41, 5.74) is 1.04. The molecule has 1 aliphatic heterocycles. The molecule has 0 saturated carbocycles. The van der Waals surface area contributed by atoms with Gasteiger partial charge in [0.05, 0.1) is 11.8 Å². The van der Waals surface area contributed by atoms with Crippen molar-refractivity contribution in [2.24, 2.45) is 0 Å². The maximum Gasteiger partial charge on any atom is 0.274 e. The molecule has 1 saturated heterocycles. The van der Waals surface area contributed by atoms with E-state index in [0.29, 0.717) is 24.5 Å². The fraction of sp³-hybridized carbons (Fsp3) is 0.381. The summed E-state index contributed by atoms with van der Waals surface area (Å²) in [4.78, 5) is 33.6. The average molecular weight is 382 g/mol. The monoisotopic (exact) mass is 382 g/mol. The Bertz CT molecular complexity index is 845. The Hall–Kier alpha value is -2.93. The normalized spacial score (nSPS) is 14.8. The van der Waals surface area contributed by atoms with Gasteiger partial charge in [0.1, 0.15) is 17.1 Å². The number of ether oxygens (including phenoxy) is 1. The molecule has 0 atom stereocenters. The van der Waals surface area contributed by atoms with E-state index in [1.165, 1.54) is 0 Å². The Morgan fingerprint density at radius 1 is 1.00 bits per heavy atom. The molecule has 0 radical (unpaired) electrons. The van der Waals surface area contributed by atoms with E-state index >= 15 is 0 Å². The Labute approximate surface area is 165 Å². The lowest BCUT2D eigenvalue weighted by Crippen LogP contribution is -2.47. The standard InChI is InChI=1S/C21H26N4O3/c1-15(2)28-19-10-5-4-7-16(19)23-20(26)17-8-6-9-18(22-17)21(27)25-13-11-24(3)12-14-25/h4-10,15H,11-14H2,1-3H3,(H,23,26). The van der Waals surface area contributed by atoms with Gasteiger partial charge in [0.15, 0.2) is 0 Å². The van der Waals surface area contributed by atoms with E-state index in [1.54, 1.807) is 35.2 Å². The van der Waals surface area contributed by atoms with Gasteiger partial charge in [-0.15, -0.1) is 0 Å². The largest absolute Gasteiger partial charge is 0.489 e. The molecule has 0 unspecified atom stereocenters. The average Bonchev–Trinajstić information content (AvgIpc) is 2.69. The number of benzene rings is 1. The number of hydrogen-bond donors (Lipinski definition) is 1. The number of nitrogens with one attached hydrogen (secondary N) is 1. The number of amides is 2. The Morgan fingerprint density at radius 2 is 1.68 bits per heavy atom. The van der Waals surface area contributed by atoms with Gasteiger partial charge < -0.3 is 19.9 Å². The van der Waals surface area contributed by atoms with Crippen molar-refractivity contribution in [1.82, 2.24) is 14.8 Å². The third-order valence-electron chi connectivity index (χ3n) is 4.49. The number of piperazine rings is 1. The topological polar surface area (TPSA) is 74.8 Å². The van der Waals surface area contributed by atoms with Crippen LogP contribution in [0.3, 0.4) is 0 Å². The summed E-state index contributed by atoms with van der Waals surface area (Å²) < 4.78 is 5.73. The Morgan fingerprint density at radius 3 is 2.39 bits per heavy atom. The van der Waals surface area contributed by atoms with Crippen LogP contribution in [0.4, 0.5) is 5.69 Å². The minimum Gasteiger partial charge on any atom is -0.489 e. The Balaban J connectivity index is 1.73. The third-order valence-corrected chi connectivity index (χ3v) is 4.49. The van der Waals surface area contributed by atoms with Crippen molar-refractivity contribution in [2.45, 2.75) is 20.0 Å². The number of rotatable bonds is 5. The molecular weight excluding hydrogens is 356 g/mol. The van der Waals surface area contributed by atoms with Gasteiger partial charge in [0, 0.05) is 26.2 Å². The second-order valence-electron chi connectivity index (χ2n) is 7.12. The molecule has 2 amide bonds. The predicted molar refractivity (Wildman–Crippen MR) is 108 cm³/mol. The molecule has 1 N–H and O–H groups in total. The van der Waals surface area contributed by atoms with E-state index in [4.69, 9.17) is 4.74 Å². The van der Waals surface area contributed by atoms with Crippen LogP contribution in [0.25, 0.3) is 0 Å². The van der Waals surface area contributed by atoms with Crippen LogP contribution in [0.5, 0.6) is 5.75 Å². The number of carbonyl (C=O) groups excluding carboxylic acids is 2. The highest BCUT2D eigenvalue weighted by Gasteiger charge is 2.22. The van der Waals surface area contributed by atoms with Crippen LogP contribution >= 0.6 is 0 Å². The lowest BCUT2D eigenvalue weighted by Gasteiger charge is -2.32. The number of anilines is 1. The zero-order chi connectivity index (χ0) is 20.1. The molecule has 148 valence electrons. The van der Waals surface area contributed by atoms with E-state index in [-0.39, 0.29) is 29.3 Å². The molecule has 7 heteroatoms. The fourth-order valence-corrected chi connectivity index (χ4v) is 2.96. The molecule has 1 fully saturated rings. The van der Waals surface area contributed by atoms with Crippen LogP contribution in [0.2, 0.25) is 0 Å². The Kier molecular flexibility index (Phi) is 6.26. The smallest absolute Gasteiger partial charge is 0.274 e. The number of aromatic nitrogens is 1. The number of pyridine rings is 1. The zero-order valence-corrected chi connectivity index (χ0v) is 16.5. The minimum atomic E-state index is -0.382. The maximum atomic E-state index is 12.7. The second-order valence-corrected chi connectivity index (χ2v) is 7.12. The SMILES string of the molecule is CC(C)Oc1ccccc1NC(=O)c1cccc(C(=O)N2CCN(C)CC2)n1. The van der Waals surface area contributed by atoms with Crippen LogP contribution in [-0.2, 0) is 0 Å².